The lowest BCUT2D eigenvalue weighted by Gasteiger charge is -2.41. The van der Waals surface area contributed by atoms with Crippen LogP contribution in [0.3, 0.4) is 0 Å². The molecular formula is C19H33N3O. The molecule has 1 saturated heterocycles. The van der Waals surface area contributed by atoms with Crippen molar-refractivity contribution in [2.45, 2.75) is 67.9 Å². The summed E-state index contributed by atoms with van der Waals surface area (Å²) in [4.78, 5) is 18.8. The molecule has 4 heteroatoms. The van der Waals surface area contributed by atoms with Crippen molar-refractivity contribution in [3.63, 3.8) is 0 Å². The Morgan fingerprint density at radius 3 is 2.30 bits per heavy atom. The summed E-state index contributed by atoms with van der Waals surface area (Å²) in [5.41, 5.74) is 3.05. The normalized spacial score (nSPS) is 25.4. The first-order chi connectivity index (χ1) is 10.4. The maximum Gasteiger partial charge on any atom is 0.216 e. The van der Waals surface area contributed by atoms with Gasteiger partial charge in [0.25, 0.3) is 0 Å². The van der Waals surface area contributed by atoms with Gasteiger partial charge in [-0.05, 0) is 30.3 Å². The van der Waals surface area contributed by atoms with Gasteiger partial charge in [0.15, 0.2) is 0 Å². The number of fused-ring (bicyclic) bond motifs is 1. The fourth-order valence-corrected chi connectivity index (χ4v) is 3.93. The molecule has 0 bridgehead atoms. The molecule has 130 valence electrons. The predicted octanol–water partition coefficient (Wildman–Crippen LogP) is 3.59. The number of aliphatic imine (C=N–C) groups is 1. The lowest BCUT2D eigenvalue weighted by Crippen LogP contribution is -2.43. The third kappa shape index (κ3) is 3.78. The van der Waals surface area contributed by atoms with Gasteiger partial charge in [0, 0.05) is 31.1 Å². The number of nitrogens with zero attached hydrogens (tertiary/aromatic N) is 2. The zero-order valence-electron chi connectivity index (χ0n) is 16.1. The van der Waals surface area contributed by atoms with Crippen LogP contribution >= 0.6 is 0 Å². The van der Waals surface area contributed by atoms with Gasteiger partial charge in [-0.2, -0.15) is 0 Å². The van der Waals surface area contributed by atoms with Gasteiger partial charge in [0.2, 0.25) is 5.91 Å². The number of rotatable bonds is 2. The van der Waals surface area contributed by atoms with E-state index >= 15 is 0 Å². The third-order valence-corrected chi connectivity index (χ3v) is 4.67. The van der Waals surface area contributed by atoms with E-state index in [1.165, 1.54) is 17.1 Å². The molecule has 1 N–H and O–H groups in total. The van der Waals surface area contributed by atoms with Crippen molar-refractivity contribution < 1.29 is 4.79 Å². The fourth-order valence-electron chi connectivity index (χ4n) is 3.93. The molecule has 2 rings (SSSR count). The SMILES string of the molecule is CC(=O)NCC1CC2=C(C(C)(C)C)[C@H](C)N=C(C(C)(C)C)N2C1. The summed E-state index contributed by atoms with van der Waals surface area (Å²) in [6, 6.07) is 0.231. The molecule has 1 unspecified atom stereocenters. The van der Waals surface area contributed by atoms with E-state index in [2.05, 4.69) is 58.7 Å². The lowest BCUT2D eigenvalue weighted by molar-refractivity contribution is -0.119. The smallest absolute Gasteiger partial charge is 0.216 e. The number of carbonyl (C=O) groups excluding carboxylic acids is 1. The summed E-state index contributed by atoms with van der Waals surface area (Å²) >= 11 is 0. The molecule has 1 fully saturated rings. The van der Waals surface area contributed by atoms with Gasteiger partial charge < -0.3 is 10.2 Å². The van der Waals surface area contributed by atoms with E-state index in [-0.39, 0.29) is 22.8 Å². The standard InChI is InChI=1S/C19H33N3O/c1-12-16(18(3,4)5)15-9-14(10-20-13(2)23)11-22(15)17(21-12)19(6,7)8/h12,14H,9-11H2,1-8H3,(H,20,23)/t12-,14?/m0/s1. The maximum atomic E-state index is 11.3. The molecule has 0 radical (unpaired) electrons. The van der Waals surface area contributed by atoms with Crippen LogP contribution in [0.1, 0.15) is 61.8 Å². The number of carbonyl (C=O) groups is 1. The molecule has 0 spiro atoms. The van der Waals surface area contributed by atoms with E-state index in [9.17, 15) is 4.79 Å². The lowest BCUT2D eigenvalue weighted by atomic mass is 9.79. The van der Waals surface area contributed by atoms with Crippen molar-refractivity contribution in [1.82, 2.24) is 10.2 Å². The third-order valence-electron chi connectivity index (χ3n) is 4.67. The van der Waals surface area contributed by atoms with Gasteiger partial charge in [-0.3, -0.25) is 9.79 Å². The van der Waals surface area contributed by atoms with Crippen LogP contribution in [0.4, 0.5) is 0 Å². The second-order valence-electron chi connectivity index (χ2n) is 9.11. The molecule has 2 heterocycles. The van der Waals surface area contributed by atoms with Gasteiger partial charge in [0.1, 0.15) is 5.84 Å². The Morgan fingerprint density at radius 2 is 1.83 bits per heavy atom. The zero-order valence-corrected chi connectivity index (χ0v) is 16.1. The number of hydrogen-bond acceptors (Lipinski definition) is 3. The van der Waals surface area contributed by atoms with Crippen molar-refractivity contribution in [2.24, 2.45) is 21.7 Å². The Bertz CT molecular complexity index is 546. The summed E-state index contributed by atoms with van der Waals surface area (Å²) in [5, 5.41) is 2.99. The molecule has 2 atom stereocenters. The van der Waals surface area contributed by atoms with Gasteiger partial charge in [-0.25, -0.2) is 0 Å². The highest BCUT2D eigenvalue weighted by molar-refractivity contribution is 5.90. The molecule has 0 aromatic heterocycles. The second-order valence-corrected chi connectivity index (χ2v) is 9.11. The molecule has 0 aromatic carbocycles. The molecule has 23 heavy (non-hydrogen) atoms. The van der Waals surface area contributed by atoms with Gasteiger partial charge in [-0.1, -0.05) is 41.5 Å². The first-order valence-electron chi connectivity index (χ1n) is 8.75. The van der Waals surface area contributed by atoms with Crippen LogP contribution in [-0.2, 0) is 4.79 Å². The average molecular weight is 319 g/mol. The van der Waals surface area contributed by atoms with E-state index in [4.69, 9.17) is 4.99 Å². The summed E-state index contributed by atoms with van der Waals surface area (Å²) in [6.07, 6.45) is 1.03. The van der Waals surface area contributed by atoms with E-state index in [1.54, 1.807) is 6.92 Å². The first-order valence-corrected chi connectivity index (χ1v) is 8.75. The zero-order chi connectivity index (χ0) is 17.6. The number of amides is 1. The van der Waals surface area contributed by atoms with Crippen molar-refractivity contribution in [2.75, 3.05) is 13.1 Å². The van der Waals surface area contributed by atoms with Gasteiger partial charge in [-0.15, -0.1) is 0 Å². The highest BCUT2D eigenvalue weighted by atomic mass is 16.1. The van der Waals surface area contributed by atoms with Crippen LogP contribution < -0.4 is 5.32 Å². The van der Waals surface area contributed by atoms with Crippen LogP contribution in [0.25, 0.3) is 0 Å². The highest BCUT2D eigenvalue weighted by Gasteiger charge is 2.42. The first kappa shape index (κ1) is 18.0. The monoisotopic (exact) mass is 319 g/mol. The van der Waals surface area contributed by atoms with E-state index < -0.39 is 0 Å². The van der Waals surface area contributed by atoms with Gasteiger partial charge in [0.05, 0.1) is 6.04 Å². The number of nitrogens with one attached hydrogen (secondary N) is 1. The molecular weight excluding hydrogens is 286 g/mol. The highest BCUT2D eigenvalue weighted by Crippen LogP contribution is 2.44. The van der Waals surface area contributed by atoms with Crippen LogP contribution in [-0.4, -0.2) is 35.8 Å². The maximum absolute atomic E-state index is 11.3. The van der Waals surface area contributed by atoms with E-state index in [0.29, 0.717) is 5.92 Å². The molecule has 0 aliphatic carbocycles. The van der Waals surface area contributed by atoms with E-state index in [0.717, 1.165) is 19.5 Å². The average Bonchev–Trinajstić information content (AvgIpc) is 2.75. The summed E-state index contributed by atoms with van der Waals surface area (Å²) < 4.78 is 0. The molecule has 0 aromatic rings. The summed E-state index contributed by atoms with van der Waals surface area (Å²) in [5.74, 6) is 1.71. The van der Waals surface area contributed by atoms with Crippen LogP contribution in [0.2, 0.25) is 0 Å². The largest absolute Gasteiger partial charge is 0.356 e. The minimum Gasteiger partial charge on any atom is -0.356 e. The van der Waals surface area contributed by atoms with E-state index in [1.807, 2.05) is 0 Å². The number of amidine groups is 1. The molecule has 2 aliphatic rings. The van der Waals surface area contributed by atoms with Crippen molar-refractivity contribution in [3.05, 3.63) is 11.3 Å². The Kier molecular flexibility index (Phi) is 4.67. The Hall–Kier alpha value is -1.32. The minimum absolute atomic E-state index is 0.0336. The molecule has 0 saturated carbocycles. The summed E-state index contributed by atoms with van der Waals surface area (Å²) in [6.45, 7) is 19.1. The Labute approximate surface area is 141 Å². The van der Waals surface area contributed by atoms with Gasteiger partial charge >= 0.3 is 0 Å². The van der Waals surface area contributed by atoms with Crippen molar-refractivity contribution in [1.29, 1.82) is 0 Å². The molecule has 2 aliphatic heterocycles. The van der Waals surface area contributed by atoms with Crippen molar-refractivity contribution in [3.8, 4) is 0 Å². The Morgan fingerprint density at radius 1 is 1.22 bits per heavy atom. The summed E-state index contributed by atoms with van der Waals surface area (Å²) in [7, 11) is 0. The molecule has 1 amide bonds. The quantitative estimate of drug-likeness (QED) is 0.845. The Balaban J connectivity index is 2.38. The molecule has 4 nitrogen and oxygen atoms in total. The van der Waals surface area contributed by atoms with Crippen molar-refractivity contribution >= 4 is 11.7 Å². The van der Waals surface area contributed by atoms with Crippen LogP contribution in [0.5, 0.6) is 0 Å². The van der Waals surface area contributed by atoms with Crippen LogP contribution in [0, 0.1) is 16.7 Å². The predicted molar refractivity (Wildman–Crippen MR) is 96.3 cm³/mol. The fraction of sp³-hybridized carbons (Fsp3) is 0.789. The van der Waals surface area contributed by atoms with Crippen LogP contribution in [0.15, 0.2) is 16.3 Å². The topological polar surface area (TPSA) is 44.7 Å². The number of allylic oxidation sites excluding steroid dienone is 1. The number of hydrogen-bond donors (Lipinski definition) is 1. The second kappa shape index (κ2) is 5.95. The minimum atomic E-state index is 0.0336.